The van der Waals surface area contributed by atoms with E-state index in [0.29, 0.717) is 17.2 Å². The minimum Gasteiger partial charge on any atom is -0.396 e. The lowest BCUT2D eigenvalue weighted by molar-refractivity contribution is 0.0681. The molecule has 0 atom stereocenters. The van der Waals surface area contributed by atoms with Gasteiger partial charge in [-0.2, -0.15) is 0 Å². The van der Waals surface area contributed by atoms with E-state index in [-0.39, 0.29) is 11.8 Å². The number of amides is 1. The molecule has 1 aromatic heterocycles. The first-order valence-corrected chi connectivity index (χ1v) is 7.94. The summed E-state index contributed by atoms with van der Waals surface area (Å²) in [7, 11) is 0. The number of nitrogens with two attached hydrogens (primary N) is 1. The van der Waals surface area contributed by atoms with Crippen molar-refractivity contribution in [2.45, 2.75) is 52.4 Å². The van der Waals surface area contributed by atoms with Crippen LogP contribution in [0.5, 0.6) is 0 Å². The molecule has 2 heterocycles. The Labute approximate surface area is 127 Å². The van der Waals surface area contributed by atoms with Crippen LogP contribution < -0.4 is 5.73 Å². The molecular formula is C16H26N4O. The SMILES string of the molecule is CCCC1CCN(C(=O)c2nc(C(C)C)ncc2N)CC1. The van der Waals surface area contributed by atoms with Gasteiger partial charge in [0.15, 0.2) is 5.69 Å². The molecule has 21 heavy (non-hydrogen) atoms. The van der Waals surface area contributed by atoms with E-state index in [1.54, 1.807) is 6.20 Å². The van der Waals surface area contributed by atoms with Crippen molar-refractivity contribution in [3.05, 3.63) is 17.7 Å². The number of nitrogen functional groups attached to an aromatic ring is 1. The predicted molar refractivity (Wildman–Crippen MR) is 84.1 cm³/mol. The van der Waals surface area contributed by atoms with E-state index in [1.165, 1.54) is 12.8 Å². The number of nitrogens with zero attached hydrogens (tertiary/aromatic N) is 3. The van der Waals surface area contributed by atoms with E-state index < -0.39 is 0 Å². The fourth-order valence-corrected chi connectivity index (χ4v) is 2.84. The molecule has 1 aromatic rings. The lowest BCUT2D eigenvalue weighted by Crippen LogP contribution is -2.39. The predicted octanol–water partition coefficient (Wildman–Crippen LogP) is 2.83. The van der Waals surface area contributed by atoms with Gasteiger partial charge in [-0.05, 0) is 18.8 Å². The van der Waals surface area contributed by atoms with Crippen LogP contribution in [0.2, 0.25) is 0 Å². The van der Waals surface area contributed by atoms with Crippen molar-refractivity contribution in [1.82, 2.24) is 14.9 Å². The number of carbonyl (C=O) groups excluding carboxylic acids is 1. The minimum atomic E-state index is -0.0493. The van der Waals surface area contributed by atoms with Gasteiger partial charge in [-0.15, -0.1) is 0 Å². The molecule has 0 aliphatic carbocycles. The van der Waals surface area contributed by atoms with Gasteiger partial charge in [-0.3, -0.25) is 4.79 Å². The first kappa shape index (κ1) is 15.7. The van der Waals surface area contributed by atoms with Gasteiger partial charge >= 0.3 is 0 Å². The molecule has 0 aromatic carbocycles. The summed E-state index contributed by atoms with van der Waals surface area (Å²) in [5, 5.41) is 0. The highest BCUT2D eigenvalue weighted by Crippen LogP contribution is 2.24. The highest BCUT2D eigenvalue weighted by Gasteiger charge is 2.25. The number of hydrogen-bond donors (Lipinski definition) is 1. The van der Waals surface area contributed by atoms with Crippen molar-refractivity contribution >= 4 is 11.6 Å². The highest BCUT2D eigenvalue weighted by molar-refractivity contribution is 5.97. The number of anilines is 1. The summed E-state index contributed by atoms with van der Waals surface area (Å²) in [6, 6.07) is 0. The smallest absolute Gasteiger partial charge is 0.274 e. The molecule has 0 unspecified atom stereocenters. The molecule has 1 aliphatic rings. The van der Waals surface area contributed by atoms with Crippen molar-refractivity contribution in [2.24, 2.45) is 5.92 Å². The topological polar surface area (TPSA) is 72.1 Å². The van der Waals surface area contributed by atoms with Crippen LogP contribution in [-0.4, -0.2) is 33.9 Å². The van der Waals surface area contributed by atoms with Crippen molar-refractivity contribution in [3.63, 3.8) is 0 Å². The molecule has 1 saturated heterocycles. The Morgan fingerprint density at radius 3 is 2.67 bits per heavy atom. The van der Waals surface area contributed by atoms with E-state index >= 15 is 0 Å². The third kappa shape index (κ3) is 3.71. The molecule has 1 fully saturated rings. The monoisotopic (exact) mass is 290 g/mol. The fraction of sp³-hybridized carbons (Fsp3) is 0.688. The maximum atomic E-state index is 12.6. The van der Waals surface area contributed by atoms with Gasteiger partial charge in [-0.1, -0.05) is 33.6 Å². The van der Waals surface area contributed by atoms with Crippen molar-refractivity contribution in [3.8, 4) is 0 Å². The Hall–Kier alpha value is -1.65. The van der Waals surface area contributed by atoms with Crippen LogP contribution in [0.4, 0.5) is 5.69 Å². The molecule has 1 aliphatic heterocycles. The number of carbonyl (C=O) groups is 1. The van der Waals surface area contributed by atoms with Gasteiger partial charge in [-0.25, -0.2) is 9.97 Å². The summed E-state index contributed by atoms with van der Waals surface area (Å²) in [4.78, 5) is 23.1. The average molecular weight is 290 g/mol. The van der Waals surface area contributed by atoms with Crippen LogP contribution in [0.1, 0.15) is 68.7 Å². The van der Waals surface area contributed by atoms with Gasteiger partial charge in [0.25, 0.3) is 5.91 Å². The third-order valence-electron chi connectivity index (χ3n) is 4.15. The molecule has 0 saturated carbocycles. The summed E-state index contributed by atoms with van der Waals surface area (Å²) in [5.41, 5.74) is 6.64. The quantitative estimate of drug-likeness (QED) is 0.925. The minimum absolute atomic E-state index is 0.0493. The number of aromatic nitrogens is 2. The van der Waals surface area contributed by atoms with E-state index in [0.717, 1.165) is 31.8 Å². The van der Waals surface area contributed by atoms with Gasteiger partial charge in [0.1, 0.15) is 5.82 Å². The van der Waals surface area contributed by atoms with Crippen LogP contribution in [0.15, 0.2) is 6.20 Å². The van der Waals surface area contributed by atoms with Gasteiger partial charge in [0.2, 0.25) is 0 Å². The van der Waals surface area contributed by atoms with Crippen LogP contribution in [0, 0.1) is 5.92 Å². The van der Waals surface area contributed by atoms with E-state index in [9.17, 15) is 4.79 Å². The zero-order chi connectivity index (χ0) is 15.4. The third-order valence-corrected chi connectivity index (χ3v) is 4.15. The second-order valence-corrected chi connectivity index (χ2v) is 6.21. The summed E-state index contributed by atoms with van der Waals surface area (Å²) in [5.74, 6) is 1.57. The van der Waals surface area contributed by atoms with Crippen molar-refractivity contribution in [2.75, 3.05) is 18.8 Å². The van der Waals surface area contributed by atoms with E-state index in [1.807, 2.05) is 18.7 Å². The first-order valence-electron chi connectivity index (χ1n) is 7.94. The summed E-state index contributed by atoms with van der Waals surface area (Å²) in [6.07, 6.45) is 6.20. The molecule has 2 rings (SSSR count). The highest BCUT2D eigenvalue weighted by atomic mass is 16.2. The van der Waals surface area contributed by atoms with Gasteiger partial charge in [0, 0.05) is 19.0 Å². The van der Waals surface area contributed by atoms with Crippen LogP contribution >= 0.6 is 0 Å². The second-order valence-electron chi connectivity index (χ2n) is 6.21. The van der Waals surface area contributed by atoms with E-state index in [4.69, 9.17) is 5.73 Å². The Kier molecular flexibility index (Phi) is 5.15. The maximum absolute atomic E-state index is 12.6. The van der Waals surface area contributed by atoms with Crippen molar-refractivity contribution in [1.29, 1.82) is 0 Å². The number of likely N-dealkylation sites (tertiary alicyclic amines) is 1. The van der Waals surface area contributed by atoms with Gasteiger partial charge in [0.05, 0.1) is 11.9 Å². The zero-order valence-electron chi connectivity index (χ0n) is 13.3. The van der Waals surface area contributed by atoms with Gasteiger partial charge < -0.3 is 10.6 Å². The van der Waals surface area contributed by atoms with Crippen LogP contribution in [0.25, 0.3) is 0 Å². The zero-order valence-corrected chi connectivity index (χ0v) is 13.3. The molecule has 0 spiro atoms. The number of rotatable bonds is 4. The summed E-state index contributed by atoms with van der Waals surface area (Å²) < 4.78 is 0. The molecule has 2 N–H and O–H groups in total. The molecule has 0 radical (unpaired) electrons. The fourth-order valence-electron chi connectivity index (χ4n) is 2.84. The number of hydrogen-bond acceptors (Lipinski definition) is 4. The largest absolute Gasteiger partial charge is 0.396 e. The normalized spacial score (nSPS) is 16.5. The lowest BCUT2D eigenvalue weighted by atomic mass is 9.92. The molecule has 5 nitrogen and oxygen atoms in total. The summed E-state index contributed by atoms with van der Waals surface area (Å²) >= 11 is 0. The first-order chi connectivity index (χ1) is 10.0. The summed E-state index contributed by atoms with van der Waals surface area (Å²) in [6.45, 7) is 7.85. The maximum Gasteiger partial charge on any atom is 0.274 e. The molecule has 116 valence electrons. The molecular weight excluding hydrogens is 264 g/mol. The Balaban J connectivity index is 2.08. The molecule has 5 heteroatoms. The Morgan fingerprint density at radius 2 is 2.10 bits per heavy atom. The second kappa shape index (κ2) is 6.87. The molecule has 0 bridgehead atoms. The lowest BCUT2D eigenvalue weighted by Gasteiger charge is -2.32. The van der Waals surface area contributed by atoms with Crippen LogP contribution in [0.3, 0.4) is 0 Å². The Morgan fingerprint density at radius 1 is 1.43 bits per heavy atom. The van der Waals surface area contributed by atoms with Crippen molar-refractivity contribution < 1.29 is 4.79 Å². The van der Waals surface area contributed by atoms with E-state index in [2.05, 4.69) is 16.9 Å². The number of piperidine rings is 1. The Bertz CT molecular complexity index is 493. The average Bonchev–Trinajstić information content (AvgIpc) is 2.48. The van der Waals surface area contributed by atoms with Crippen LogP contribution in [-0.2, 0) is 0 Å². The molecule has 1 amide bonds. The standard InChI is InChI=1S/C16H26N4O/c1-4-5-12-6-8-20(9-7-12)16(21)14-13(17)10-18-15(19-14)11(2)3/h10-12H,4-9,17H2,1-3H3.